The highest BCUT2D eigenvalue weighted by atomic mass is 16.5. The molecule has 0 radical (unpaired) electrons. The quantitative estimate of drug-likeness (QED) is 0.613. The molecule has 2 aromatic carbocycles. The van der Waals surface area contributed by atoms with E-state index >= 15 is 0 Å². The van der Waals surface area contributed by atoms with Gasteiger partial charge in [0, 0.05) is 11.8 Å². The van der Waals surface area contributed by atoms with Gasteiger partial charge in [-0.15, -0.1) is 0 Å². The summed E-state index contributed by atoms with van der Waals surface area (Å²) in [6.07, 6.45) is 6.46. The van der Waals surface area contributed by atoms with Crippen molar-refractivity contribution in [2.75, 3.05) is 12.4 Å². The van der Waals surface area contributed by atoms with Crippen LogP contribution in [-0.4, -0.2) is 13.0 Å². The zero-order chi connectivity index (χ0) is 15.6. The number of benzene rings is 2. The summed E-state index contributed by atoms with van der Waals surface area (Å²) >= 11 is 0. The molecule has 0 saturated carbocycles. The van der Waals surface area contributed by atoms with Crippen molar-refractivity contribution in [2.24, 2.45) is 0 Å². The number of unbranched alkanes of at least 4 members (excludes halogenated alkanes) is 1. The van der Waals surface area contributed by atoms with Gasteiger partial charge in [-0.2, -0.15) is 0 Å². The van der Waals surface area contributed by atoms with Gasteiger partial charge in [0.05, 0.1) is 7.11 Å². The van der Waals surface area contributed by atoms with E-state index in [-0.39, 0.29) is 5.91 Å². The highest BCUT2D eigenvalue weighted by Crippen LogP contribution is 2.16. The average Bonchev–Trinajstić information content (AvgIpc) is 2.55. The molecule has 1 amide bonds. The average molecular weight is 295 g/mol. The van der Waals surface area contributed by atoms with Crippen molar-refractivity contribution in [3.63, 3.8) is 0 Å². The first-order valence-corrected chi connectivity index (χ1v) is 7.43. The van der Waals surface area contributed by atoms with E-state index in [9.17, 15) is 4.79 Å². The van der Waals surface area contributed by atoms with Crippen LogP contribution in [-0.2, 0) is 11.2 Å². The minimum atomic E-state index is -0.118. The van der Waals surface area contributed by atoms with E-state index in [0.29, 0.717) is 0 Å². The van der Waals surface area contributed by atoms with Crippen LogP contribution < -0.4 is 10.1 Å². The fourth-order valence-corrected chi connectivity index (χ4v) is 2.14. The van der Waals surface area contributed by atoms with Gasteiger partial charge in [-0.25, -0.2) is 0 Å². The second-order valence-corrected chi connectivity index (χ2v) is 5.00. The molecule has 0 bridgehead atoms. The number of methoxy groups -OCH3 is 1. The Morgan fingerprint density at radius 1 is 1.14 bits per heavy atom. The van der Waals surface area contributed by atoms with Gasteiger partial charge in [-0.3, -0.25) is 4.79 Å². The molecule has 0 aliphatic heterocycles. The fraction of sp³-hybridized carbons (Fsp3) is 0.211. The molecule has 2 aromatic rings. The van der Waals surface area contributed by atoms with Gasteiger partial charge in [0.15, 0.2) is 0 Å². The second kappa shape index (κ2) is 8.67. The van der Waals surface area contributed by atoms with E-state index < -0.39 is 0 Å². The molecule has 0 saturated heterocycles. The zero-order valence-corrected chi connectivity index (χ0v) is 12.8. The molecule has 0 aliphatic carbocycles. The van der Waals surface area contributed by atoms with Crippen LogP contribution in [0, 0.1) is 0 Å². The standard InChI is InChI=1S/C19H21NO2/c1-22-18-13-8-12-17(15-18)20-19(21)14-7-3-6-11-16-9-4-2-5-10-16/h2,4-5,7-10,12-15H,3,6,11H2,1H3,(H,20,21). The first-order chi connectivity index (χ1) is 10.8. The number of amides is 1. The topological polar surface area (TPSA) is 38.3 Å². The minimum Gasteiger partial charge on any atom is -0.497 e. The lowest BCUT2D eigenvalue weighted by atomic mass is 10.1. The first kappa shape index (κ1) is 15.8. The van der Waals surface area contributed by atoms with Crippen molar-refractivity contribution in [1.29, 1.82) is 0 Å². The lowest BCUT2D eigenvalue weighted by molar-refractivity contribution is -0.111. The van der Waals surface area contributed by atoms with Crippen molar-refractivity contribution in [1.82, 2.24) is 0 Å². The molecule has 3 heteroatoms. The zero-order valence-electron chi connectivity index (χ0n) is 12.8. The third-order valence-electron chi connectivity index (χ3n) is 3.29. The van der Waals surface area contributed by atoms with E-state index in [1.165, 1.54) is 5.56 Å². The number of hydrogen-bond acceptors (Lipinski definition) is 2. The summed E-state index contributed by atoms with van der Waals surface area (Å²) in [6.45, 7) is 0. The molecular formula is C19H21NO2. The number of allylic oxidation sites excluding steroid dienone is 1. The van der Waals surface area contributed by atoms with Crippen LogP contribution in [0.1, 0.15) is 18.4 Å². The Balaban J connectivity index is 1.72. The molecule has 2 rings (SSSR count). The Kier molecular flexibility index (Phi) is 6.24. The van der Waals surface area contributed by atoms with Crippen LogP contribution in [0.5, 0.6) is 5.75 Å². The van der Waals surface area contributed by atoms with E-state index in [4.69, 9.17) is 4.74 Å². The minimum absolute atomic E-state index is 0.118. The molecule has 0 aromatic heterocycles. The van der Waals surface area contributed by atoms with Gasteiger partial charge >= 0.3 is 0 Å². The molecule has 0 aliphatic rings. The number of anilines is 1. The Bertz CT molecular complexity index is 620. The molecule has 0 fully saturated rings. The number of carbonyl (C=O) groups excluding carboxylic acids is 1. The maximum atomic E-state index is 11.8. The summed E-state index contributed by atoms with van der Waals surface area (Å²) in [7, 11) is 1.60. The third kappa shape index (κ3) is 5.44. The number of rotatable bonds is 7. The van der Waals surface area contributed by atoms with Crippen LogP contribution in [0.2, 0.25) is 0 Å². The lowest BCUT2D eigenvalue weighted by Gasteiger charge is -2.04. The molecule has 1 N–H and O–H groups in total. The largest absolute Gasteiger partial charge is 0.497 e. The number of carbonyl (C=O) groups is 1. The molecule has 3 nitrogen and oxygen atoms in total. The summed E-state index contributed by atoms with van der Waals surface area (Å²) in [5.41, 5.74) is 2.06. The lowest BCUT2D eigenvalue weighted by Crippen LogP contribution is -2.07. The van der Waals surface area contributed by atoms with Gasteiger partial charge in [0.25, 0.3) is 0 Å². The Hall–Kier alpha value is -2.55. The maximum Gasteiger partial charge on any atom is 0.248 e. The Morgan fingerprint density at radius 3 is 2.73 bits per heavy atom. The fourth-order valence-electron chi connectivity index (χ4n) is 2.14. The van der Waals surface area contributed by atoms with Crippen molar-refractivity contribution in [2.45, 2.75) is 19.3 Å². The number of ether oxygens (including phenoxy) is 1. The summed E-state index contributed by atoms with van der Waals surface area (Å²) in [5, 5.41) is 2.82. The van der Waals surface area contributed by atoms with Crippen molar-refractivity contribution in [3.8, 4) is 5.75 Å². The van der Waals surface area contributed by atoms with E-state index in [2.05, 4.69) is 17.4 Å². The van der Waals surface area contributed by atoms with Crippen molar-refractivity contribution >= 4 is 11.6 Å². The highest BCUT2D eigenvalue weighted by Gasteiger charge is 1.99. The number of hydrogen-bond donors (Lipinski definition) is 1. The molecule has 0 spiro atoms. The van der Waals surface area contributed by atoms with Gasteiger partial charge in [0.1, 0.15) is 5.75 Å². The molecule has 114 valence electrons. The normalized spacial score (nSPS) is 10.6. The van der Waals surface area contributed by atoms with Crippen LogP contribution in [0.25, 0.3) is 0 Å². The van der Waals surface area contributed by atoms with Crippen molar-refractivity contribution < 1.29 is 9.53 Å². The van der Waals surface area contributed by atoms with E-state index in [1.54, 1.807) is 19.3 Å². The van der Waals surface area contributed by atoms with Crippen LogP contribution in [0.15, 0.2) is 66.7 Å². The van der Waals surface area contributed by atoms with Gasteiger partial charge in [0.2, 0.25) is 5.91 Å². The molecule has 22 heavy (non-hydrogen) atoms. The van der Waals surface area contributed by atoms with Crippen LogP contribution in [0.4, 0.5) is 5.69 Å². The van der Waals surface area contributed by atoms with E-state index in [1.807, 2.05) is 42.5 Å². The van der Waals surface area contributed by atoms with Gasteiger partial charge in [-0.05, 0) is 43.0 Å². The smallest absolute Gasteiger partial charge is 0.248 e. The van der Waals surface area contributed by atoms with Crippen LogP contribution in [0.3, 0.4) is 0 Å². The molecule has 0 heterocycles. The first-order valence-electron chi connectivity index (χ1n) is 7.43. The Labute approximate surface area is 131 Å². The molecular weight excluding hydrogens is 274 g/mol. The maximum absolute atomic E-state index is 11.8. The summed E-state index contributed by atoms with van der Waals surface area (Å²) in [6, 6.07) is 17.7. The SMILES string of the molecule is COc1cccc(NC(=O)C=CCCCc2ccccc2)c1. The van der Waals surface area contributed by atoms with E-state index in [0.717, 1.165) is 30.7 Å². The van der Waals surface area contributed by atoms with Crippen molar-refractivity contribution in [3.05, 3.63) is 72.3 Å². The third-order valence-corrected chi connectivity index (χ3v) is 3.29. The predicted octanol–water partition coefficient (Wildman–Crippen LogP) is 4.21. The number of nitrogens with one attached hydrogen (secondary N) is 1. The predicted molar refractivity (Wildman–Crippen MR) is 90.1 cm³/mol. The monoisotopic (exact) mass is 295 g/mol. The molecule has 0 atom stereocenters. The van der Waals surface area contributed by atoms with Crippen LogP contribution >= 0.6 is 0 Å². The number of aryl methyl sites for hydroxylation is 1. The second-order valence-electron chi connectivity index (χ2n) is 5.00. The summed E-state index contributed by atoms with van der Waals surface area (Å²) < 4.78 is 5.12. The Morgan fingerprint density at radius 2 is 1.95 bits per heavy atom. The summed E-state index contributed by atoms with van der Waals surface area (Å²) in [4.78, 5) is 11.8. The molecule has 0 unspecified atom stereocenters. The highest BCUT2D eigenvalue weighted by molar-refractivity contribution is 5.99. The van der Waals surface area contributed by atoms with Gasteiger partial charge in [-0.1, -0.05) is 42.5 Å². The van der Waals surface area contributed by atoms with Gasteiger partial charge < -0.3 is 10.1 Å². The summed E-state index contributed by atoms with van der Waals surface area (Å²) in [5.74, 6) is 0.609.